The van der Waals surface area contributed by atoms with Crippen LogP contribution in [0.5, 0.6) is 0 Å². The molecule has 0 amide bonds. The second-order valence-corrected chi connectivity index (χ2v) is 30.0. The standard InChI is InChI=1S/C15H39N4PSSi3/c1-22(2,3)17-13-10-16-11-14-18(23(4,5)6)20(17,21)19(15-12-16)24(7,8)9/h10-15H2,1-9H3. The molecule has 3 aliphatic heterocycles. The van der Waals surface area contributed by atoms with Crippen LogP contribution in [0.25, 0.3) is 0 Å². The van der Waals surface area contributed by atoms with E-state index in [9.17, 15) is 0 Å². The Morgan fingerprint density at radius 3 is 1.00 bits per heavy atom. The van der Waals surface area contributed by atoms with E-state index in [0.717, 1.165) is 0 Å². The Labute approximate surface area is 159 Å². The zero-order chi connectivity index (χ0) is 18.6. The van der Waals surface area contributed by atoms with E-state index in [-0.39, 0.29) is 0 Å². The van der Waals surface area contributed by atoms with Crippen molar-refractivity contribution in [3.05, 3.63) is 0 Å². The SMILES string of the molecule is C[Si](C)(C)N1CCN2CCN([Si](C)(C)C)P1(=S)N([Si](C)(C)C)CC2. The number of nitrogens with zero attached hydrogens (tertiary/aromatic N) is 4. The van der Waals surface area contributed by atoms with Gasteiger partial charge >= 0.3 is 0 Å². The molecule has 9 heteroatoms. The number of hydrogen-bond donors (Lipinski definition) is 0. The number of hydrogen-bond acceptors (Lipinski definition) is 2. The van der Waals surface area contributed by atoms with Gasteiger partial charge in [0.1, 0.15) is 31.2 Å². The van der Waals surface area contributed by atoms with E-state index in [1.54, 1.807) is 0 Å². The molecule has 0 spiro atoms. The van der Waals surface area contributed by atoms with Crippen molar-refractivity contribution in [3.63, 3.8) is 0 Å². The van der Waals surface area contributed by atoms with Crippen LogP contribution in [0.4, 0.5) is 0 Å². The Bertz CT molecular complexity index is 441. The van der Waals surface area contributed by atoms with E-state index in [0.29, 0.717) is 0 Å². The monoisotopic (exact) mass is 422 g/mol. The molecule has 0 N–H and O–H groups in total. The fourth-order valence-electron chi connectivity index (χ4n) is 4.00. The maximum absolute atomic E-state index is 6.81. The zero-order valence-electron chi connectivity index (χ0n) is 17.4. The molecule has 3 rings (SSSR count). The van der Waals surface area contributed by atoms with Crippen LogP contribution in [0.15, 0.2) is 0 Å². The fraction of sp³-hybridized carbons (Fsp3) is 1.00. The minimum absolute atomic E-state index is 1.18. The molecule has 0 aliphatic carbocycles. The molecule has 0 atom stereocenters. The summed E-state index contributed by atoms with van der Waals surface area (Å²) in [5.41, 5.74) is 0. The fourth-order valence-corrected chi connectivity index (χ4v) is 27.6. The highest BCUT2D eigenvalue weighted by atomic mass is 32.4. The second kappa shape index (κ2) is 6.95. The minimum Gasteiger partial charge on any atom is -0.300 e. The lowest BCUT2D eigenvalue weighted by molar-refractivity contribution is 0.220. The Morgan fingerprint density at radius 2 is 0.792 bits per heavy atom. The molecule has 0 unspecified atom stereocenters. The van der Waals surface area contributed by atoms with Gasteiger partial charge in [-0.15, -0.1) is 0 Å². The average Bonchev–Trinajstić information content (AvgIpc) is 2.26. The van der Waals surface area contributed by atoms with Crippen LogP contribution >= 0.6 is 6.49 Å². The van der Waals surface area contributed by atoms with E-state index >= 15 is 0 Å². The molecular weight excluding hydrogens is 383 g/mol. The molecule has 3 heterocycles. The zero-order valence-corrected chi connectivity index (χ0v) is 22.1. The summed E-state index contributed by atoms with van der Waals surface area (Å²) in [4.78, 5) is 2.70. The smallest absolute Gasteiger partial charge is 0.127 e. The molecule has 3 saturated heterocycles. The lowest BCUT2D eigenvalue weighted by atomic mass is 10.4. The van der Waals surface area contributed by atoms with Crippen molar-refractivity contribution in [3.8, 4) is 0 Å². The highest BCUT2D eigenvalue weighted by Gasteiger charge is 2.51. The predicted octanol–water partition coefficient (Wildman–Crippen LogP) is 3.95. The molecule has 4 nitrogen and oxygen atoms in total. The molecule has 24 heavy (non-hydrogen) atoms. The minimum atomic E-state index is -1.85. The maximum atomic E-state index is 6.81. The van der Waals surface area contributed by atoms with Gasteiger partial charge in [0.2, 0.25) is 0 Å². The topological polar surface area (TPSA) is 13.0 Å². The lowest BCUT2D eigenvalue weighted by Crippen LogP contribution is -2.66. The van der Waals surface area contributed by atoms with Crippen LogP contribution in [0.2, 0.25) is 58.9 Å². The summed E-state index contributed by atoms with van der Waals surface area (Å²) >= 11 is 6.81. The van der Waals surface area contributed by atoms with Crippen molar-refractivity contribution in [2.45, 2.75) is 58.9 Å². The van der Waals surface area contributed by atoms with Crippen LogP contribution in [-0.4, -0.2) is 81.9 Å². The Balaban J connectivity index is 2.69. The van der Waals surface area contributed by atoms with Crippen molar-refractivity contribution in [2.75, 3.05) is 39.3 Å². The molecule has 3 fully saturated rings. The predicted molar refractivity (Wildman–Crippen MR) is 121 cm³/mol. The number of fused-ring (bicyclic) bond motifs is 6. The van der Waals surface area contributed by atoms with E-state index in [1.165, 1.54) is 39.3 Å². The largest absolute Gasteiger partial charge is 0.300 e. The molecule has 0 aromatic rings. The van der Waals surface area contributed by atoms with Crippen molar-refractivity contribution >= 4 is 43.0 Å². The summed E-state index contributed by atoms with van der Waals surface area (Å²) in [6.45, 7) is 27.9. The highest BCUT2D eigenvalue weighted by molar-refractivity contribution is 8.12. The summed E-state index contributed by atoms with van der Waals surface area (Å²) in [7, 11) is -4.47. The molecule has 142 valence electrons. The van der Waals surface area contributed by atoms with E-state index < -0.39 is 31.2 Å². The lowest BCUT2D eigenvalue weighted by Gasteiger charge is -2.62. The summed E-state index contributed by atoms with van der Waals surface area (Å²) < 4.78 is 8.66. The van der Waals surface area contributed by atoms with Gasteiger partial charge in [0, 0.05) is 39.3 Å². The third kappa shape index (κ3) is 4.17. The van der Waals surface area contributed by atoms with Gasteiger partial charge < -0.3 is 0 Å². The first kappa shape index (κ1) is 21.4. The molecule has 0 aromatic heterocycles. The second-order valence-electron chi connectivity index (χ2n) is 10.2. The summed E-state index contributed by atoms with van der Waals surface area (Å²) in [5.74, 6) is 0. The Kier molecular flexibility index (Phi) is 6.21. The van der Waals surface area contributed by atoms with Crippen LogP contribution in [-0.2, 0) is 11.8 Å². The maximum Gasteiger partial charge on any atom is 0.127 e. The van der Waals surface area contributed by atoms with Crippen LogP contribution in [0, 0.1) is 0 Å². The molecule has 0 saturated carbocycles. The summed E-state index contributed by atoms with van der Waals surface area (Å²) in [6.07, 6.45) is 0. The first-order chi connectivity index (χ1) is 10.7. The summed E-state index contributed by atoms with van der Waals surface area (Å²) in [6, 6.07) is 0. The first-order valence-corrected chi connectivity index (χ1v) is 22.4. The molecule has 2 bridgehead atoms. The van der Waals surface area contributed by atoms with E-state index in [1.807, 2.05) is 0 Å². The van der Waals surface area contributed by atoms with Crippen molar-refractivity contribution < 1.29 is 0 Å². The van der Waals surface area contributed by atoms with Gasteiger partial charge in [0.05, 0.1) is 0 Å². The van der Waals surface area contributed by atoms with E-state index in [2.05, 4.69) is 76.8 Å². The van der Waals surface area contributed by atoms with Crippen LogP contribution in [0.1, 0.15) is 0 Å². The molecular formula is C15H39N4PSSi3. The average molecular weight is 423 g/mol. The third-order valence-electron chi connectivity index (χ3n) is 5.15. The van der Waals surface area contributed by atoms with Crippen molar-refractivity contribution in [2.24, 2.45) is 0 Å². The summed E-state index contributed by atoms with van der Waals surface area (Å²) in [5, 5.41) is 0. The van der Waals surface area contributed by atoms with Gasteiger partial charge in [-0.1, -0.05) is 58.9 Å². The third-order valence-corrected chi connectivity index (χ3v) is 23.9. The first-order valence-electron chi connectivity index (χ1n) is 9.35. The quantitative estimate of drug-likeness (QED) is 0.503. The van der Waals surface area contributed by atoms with Gasteiger partial charge in [-0.05, 0) is 11.8 Å². The Morgan fingerprint density at radius 1 is 0.542 bits per heavy atom. The van der Waals surface area contributed by atoms with Gasteiger partial charge in [0.15, 0.2) is 0 Å². The van der Waals surface area contributed by atoms with Crippen LogP contribution in [0.3, 0.4) is 0 Å². The van der Waals surface area contributed by atoms with Crippen molar-refractivity contribution in [1.29, 1.82) is 0 Å². The Hall–Kier alpha value is 1.14. The molecule has 0 radical (unpaired) electrons. The van der Waals surface area contributed by atoms with Gasteiger partial charge in [-0.3, -0.25) is 17.9 Å². The normalized spacial score (nSPS) is 32.5. The molecule has 3 aliphatic rings. The van der Waals surface area contributed by atoms with Gasteiger partial charge in [-0.2, -0.15) is 0 Å². The molecule has 0 aromatic carbocycles. The van der Waals surface area contributed by atoms with Gasteiger partial charge in [-0.25, -0.2) is 0 Å². The van der Waals surface area contributed by atoms with Crippen LogP contribution < -0.4 is 0 Å². The van der Waals surface area contributed by atoms with Gasteiger partial charge in [0.25, 0.3) is 0 Å². The number of rotatable bonds is 3. The van der Waals surface area contributed by atoms with Crippen molar-refractivity contribution in [1.82, 2.24) is 17.9 Å². The highest BCUT2D eigenvalue weighted by Crippen LogP contribution is 2.63. The van der Waals surface area contributed by atoms with E-state index in [4.69, 9.17) is 11.8 Å².